The van der Waals surface area contributed by atoms with Gasteiger partial charge in [-0.25, -0.2) is 4.98 Å². The predicted octanol–water partition coefficient (Wildman–Crippen LogP) is 2.12. The van der Waals surface area contributed by atoms with Crippen molar-refractivity contribution in [3.05, 3.63) is 23.2 Å². The van der Waals surface area contributed by atoms with Crippen molar-refractivity contribution in [3.63, 3.8) is 0 Å². The third kappa shape index (κ3) is 3.87. The van der Waals surface area contributed by atoms with Crippen LogP contribution < -0.4 is 10.1 Å². The van der Waals surface area contributed by atoms with Gasteiger partial charge in [-0.3, -0.25) is 4.79 Å². The van der Waals surface area contributed by atoms with E-state index in [9.17, 15) is 4.79 Å². The van der Waals surface area contributed by atoms with E-state index >= 15 is 0 Å². The zero-order valence-electron chi connectivity index (χ0n) is 15.3. The van der Waals surface area contributed by atoms with Crippen LogP contribution in [0.1, 0.15) is 31.4 Å². The molecule has 0 saturated heterocycles. The molecule has 0 aliphatic heterocycles. The van der Waals surface area contributed by atoms with Crippen LogP contribution in [0, 0.1) is 0 Å². The molecule has 28 heavy (non-hydrogen) atoms. The molecule has 1 N–H and O–H groups in total. The highest BCUT2D eigenvalue weighted by Gasteiger charge is 2.30. The van der Waals surface area contributed by atoms with Gasteiger partial charge in [0.15, 0.2) is 0 Å². The number of hydrogen-bond acceptors (Lipinski definition) is 8. The van der Waals surface area contributed by atoms with Gasteiger partial charge in [0.1, 0.15) is 12.4 Å². The fourth-order valence-electron chi connectivity index (χ4n) is 2.79. The van der Waals surface area contributed by atoms with Crippen LogP contribution in [0.4, 0.5) is 5.82 Å². The topological polar surface area (TPSA) is 117 Å². The number of ether oxygens (including phenoxy) is 2. The Morgan fingerprint density at radius 2 is 2.14 bits per heavy atom. The quantitative estimate of drug-likeness (QED) is 0.596. The minimum atomic E-state index is -0.211. The fourth-order valence-corrected chi connectivity index (χ4v) is 2.94. The summed E-state index contributed by atoms with van der Waals surface area (Å²) in [7, 11) is 1.57. The third-order valence-corrected chi connectivity index (χ3v) is 4.32. The second-order valence-corrected chi connectivity index (χ2v) is 6.71. The molecule has 0 unspecified atom stereocenters. The summed E-state index contributed by atoms with van der Waals surface area (Å²) < 4.78 is 12.0. The van der Waals surface area contributed by atoms with Crippen LogP contribution in [-0.2, 0) is 9.53 Å². The summed E-state index contributed by atoms with van der Waals surface area (Å²) in [5.74, 6) is 0.814. The number of amides is 1. The third-order valence-electron chi connectivity index (χ3n) is 4.15. The number of nitrogens with one attached hydrogen (secondary N) is 1. The molecule has 1 aliphatic rings. The van der Waals surface area contributed by atoms with E-state index in [0.29, 0.717) is 23.9 Å². The summed E-state index contributed by atoms with van der Waals surface area (Å²) in [5.41, 5.74) is 1.64. The van der Waals surface area contributed by atoms with Crippen LogP contribution in [0.5, 0.6) is 6.01 Å². The highest BCUT2D eigenvalue weighted by atomic mass is 35.5. The number of anilines is 1. The van der Waals surface area contributed by atoms with Crippen LogP contribution >= 0.6 is 11.6 Å². The van der Waals surface area contributed by atoms with Crippen LogP contribution in [0.15, 0.2) is 12.3 Å². The van der Waals surface area contributed by atoms with Gasteiger partial charge in [0.25, 0.3) is 5.95 Å². The number of nitrogens with zero attached hydrogens (tertiary/aromatic N) is 6. The zero-order chi connectivity index (χ0) is 19.7. The molecule has 1 saturated carbocycles. The van der Waals surface area contributed by atoms with Crippen molar-refractivity contribution in [2.75, 3.05) is 25.6 Å². The first-order valence-corrected chi connectivity index (χ1v) is 9.13. The summed E-state index contributed by atoms with van der Waals surface area (Å²) in [6.45, 7) is 2.09. The van der Waals surface area contributed by atoms with Crippen molar-refractivity contribution >= 4 is 34.2 Å². The Labute approximate surface area is 165 Å². The number of halogens is 1. The van der Waals surface area contributed by atoms with Crippen LogP contribution in [0.25, 0.3) is 16.9 Å². The molecule has 1 fully saturated rings. The van der Waals surface area contributed by atoms with Crippen LogP contribution in [-0.4, -0.2) is 55.9 Å². The number of methoxy groups -OCH3 is 1. The van der Waals surface area contributed by atoms with Crippen molar-refractivity contribution in [2.45, 2.75) is 25.7 Å². The van der Waals surface area contributed by atoms with Crippen LogP contribution in [0.2, 0.25) is 5.28 Å². The molecule has 3 heterocycles. The van der Waals surface area contributed by atoms with Gasteiger partial charge in [0.2, 0.25) is 11.2 Å². The Morgan fingerprint density at radius 3 is 2.86 bits per heavy atom. The zero-order valence-corrected chi connectivity index (χ0v) is 16.1. The number of carbonyl (C=O) groups excluding carboxylic acids is 1. The first kappa shape index (κ1) is 18.5. The average molecular weight is 404 g/mol. The van der Waals surface area contributed by atoms with Crippen molar-refractivity contribution in [3.8, 4) is 12.0 Å². The summed E-state index contributed by atoms with van der Waals surface area (Å²) >= 11 is 6.06. The Balaban J connectivity index is 1.79. The summed E-state index contributed by atoms with van der Waals surface area (Å²) in [6, 6.07) is 1.82. The summed E-state index contributed by atoms with van der Waals surface area (Å²) in [6.07, 6.45) is 3.85. The normalized spacial score (nSPS) is 13.7. The Bertz CT molecular complexity index is 1040. The van der Waals surface area contributed by atoms with Gasteiger partial charge in [-0.05, 0) is 24.4 Å². The van der Waals surface area contributed by atoms with Crippen molar-refractivity contribution in [1.82, 2.24) is 29.7 Å². The Kier molecular flexibility index (Phi) is 5.05. The first-order chi connectivity index (χ1) is 13.5. The lowest BCUT2D eigenvalue weighted by Gasteiger charge is -2.07. The molecule has 0 radical (unpaired) electrons. The molecule has 0 bridgehead atoms. The van der Waals surface area contributed by atoms with E-state index in [2.05, 4.69) is 25.3 Å². The molecule has 11 heteroatoms. The lowest BCUT2D eigenvalue weighted by molar-refractivity contribution is -0.114. The lowest BCUT2D eigenvalue weighted by Crippen LogP contribution is -2.11. The molecule has 0 aromatic carbocycles. The molecule has 0 atom stereocenters. The number of rotatable bonds is 7. The van der Waals surface area contributed by atoms with E-state index in [-0.39, 0.29) is 29.8 Å². The number of hydrogen-bond donors (Lipinski definition) is 1. The van der Waals surface area contributed by atoms with Gasteiger partial charge in [-0.1, -0.05) is 0 Å². The van der Waals surface area contributed by atoms with Crippen molar-refractivity contribution in [1.29, 1.82) is 0 Å². The van der Waals surface area contributed by atoms with E-state index in [4.69, 9.17) is 26.2 Å². The smallest absolute Gasteiger partial charge is 0.322 e. The predicted molar refractivity (Wildman–Crippen MR) is 101 cm³/mol. The molecule has 3 aromatic rings. The minimum Gasteiger partial charge on any atom is -0.461 e. The van der Waals surface area contributed by atoms with Gasteiger partial charge >= 0.3 is 6.01 Å². The Hall–Kier alpha value is -2.85. The number of fused-ring (bicyclic) bond motifs is 1. The van der Waals surface area contributed by atoms with Gasteiger partial charge in [-0.15, -0.1) is 0 Å². The SMILES string of the molecule is COCCOc1nc(Cl)nc(-n2nc(C3CC3)c3cnc(NC(C)=O)cc32)n1. The van der Waals surface area contributed by atoms with E-state index in [1.54, 1.807) is 24.1 Å². The average Bonchev–Trinajstić information content (AvgIpc) is 3.42. The van der Waals surface area contributed by atoms with E-state index < -0.39 is 0 Å². The van der Waals surface area contributed by atoms with Gasteiger partial charge in [0, 0.05) is 37.6 Å². The van der Waals surface area contributed by atoms with Crippen molar-refractivity contribution in [2.24, 2.45) is 0 Å². The number of aromatic nitrogens is 6. The highest BCUT2D eigenvalue weighted by molar-refractivity contribution is 6.28. The second kappa shape index (κ2) is 7.64. The van der Waals surface area contributed by atoms with E-state index in [1.807, 2.05) is 0 Å². The monoisotopic (exact) mass is 403 g/mol. The molecule has 1 aliphatic carbocycles. The highest BCUT2D eigenvalue weighted by Crippen LogP contribution is 2.42. The number of pyridine rings is 1. The molecule has 4 rings (SSSR count). The molecular weight excluding hydrogens is 386 g/mol. The maximum absolute atomic E-state index is 11.4. The summed E-state index contributed by atoms with van der Waals surface area (Å²) in [5, 5.41) is 8.25. The molecular formula is C17H18ClN7O3. The molecule has 10 nitrogen and oxygen atoms in total. The van der Waals surface area contributed by atoms with Gasteiger partial charge in [0.05, 0.1) is 17.8 Å². The van der Waals surface area contributed by atoms with E-state index in [1.165, 1.54) is 6.92 Å². The Morgan fingerprint density at radius 1 is 1.32 bits per heavy atom. The van der Waals surface area contributed by atoms with Gasteiger partial charge < -0.3 is 14.8 Å². The molecule has 3 aromatic heterocycles. The second-order valence-electron chi connectivity index (χ2n) is 6.37. The lowest BCUT2D eigenvalue weighted by atomic mass is 10.2. The largest absolute Gasteiger partial charge is 0.461 e. The van der Waals surface area contributed by atoms with Crippen molar-refractivity contribution < 1.29 is 14.3 Å². The fraction of sp³-hybridized carbons (Fsp3) is 0.412. The maximum Gasteiger partial charge on any atom is 0.322 e. The minimum absolute atomic E-state index is 0.00909. The maximum atomic E-state index is 11.4. The number of carbonyl (C=O) groups is 1. The van der Waals surface area contributed by atoms with Gasteiger partial charge in [-0.2, -0.15) is 24.7 Å². The standard InChI is InChI=1S/C17H18ClN7O3/c1-9(26)20-13-7-12-11(8-19-13)14(10-3-4-10)24-25(12)16-21-15(18)22-17(23-16)28-6-5-27-2/h7-8,10H,3-6H2,1-2H3,(H,19,20,26). The molecule has 0 spiro atoms. The molecule has 1 amide bonds. The van der Waals surface area contributed by atoms with E-state index in [0.717, 1.165) is 23.9 Å². The van der Waals surface area contributed by atoms with Crippen LogP contribution in [0.3, 0.4) is 0 Å². The summed E-state index contributed by atoms with van der Waals surface area (Å²) in [4.78, 5) is 28.2. The first-order valence-electron chi connectivity index (χ1n) is 8.75. The molecule has 146 valence electrons.